The van der Waals surface area contributed by atoms with E-state index in [0.717, 1.165) is 13.1 Å². The minimum Gasteiger partial charge on any atom is -0.395 e. The first-order chi connectivity index (χ1) is 4.43. The summed E-state index contributed by atoms with van der Waals surface area (Å²) in [5.41, 5.74) is 0. The molecule has 1 N–H and O–H groups in total. The summed E-state index contributed by atoms with van der Waals surface area (Å²) < 4.78 is 0. The van der Waals surface area contributed by atoms with Crippen molar-refractivity contribution in [2.75, 3.05) is 19.7 Å². The van der Waals surface area contributed by atoms with Gasteiger partial charge in [0.15, 0.2) is 0 Å². The van der Waals surface area contributed by atoms with E-state index < -0.39 is 0 Å². The van der Waals surface area contributed by atoms with E-state index in [4.69, 9.17) is 5.11 Å². The summed E-state index contributed by atoms with van der Waals surface area (Å²) in [6.07, 6.45) is 8.03. The van der Waals surface area contributed by atoms with Crippen molar-refractivity contribution >= 4 is 12.4 Å². The standard InChI is InChI=1S/C7H11NO.ClH/c9-7-6-8-4-2-1-3-5-8;/h1-4,9H,5-7H2;1H. The summed E-state index contributed by atoms with van der Waals surface area (Å²) in [5, 5.41) is 8.52. The molecule has 0 saturated heterocycles. The van der Waals surface area contributed by atoms with E-state index in [-0.39, 0.29) is 19.0 Å². The lowest BCUT2D eigenvalue weighted by Gasteiger charge is -2.18. The molecule has 58 valence electrons. The minimum atomic E-state index is 0. The van der Waals surface area contributed by atoms with Crippen LogP contribution in [-0.4, -0.2) is 29.7 Å². The first kappa shape index (κ1) is 9.53. The Morgan fingerprint density at radius 3 is 2.70 bits per heavy atom. The molecule has 1 rings (SSSR count). The van der Waals surface area contributed by atoms with E-state index in [1.165, 1.54) is 0 Å². The molecule has 0 aromatic rings. The lowest BCUT2D eigenvalue weighted by Crippen LogP contribution is -2.22. The fourth-order valence-electron chi connectivity index (χ4n) is 0.801. The van der Waals surface area contributed by atoms with Crippen LogP contribution in [-0.2, 0) is 0 Å². The summed E-state index contributed by atoms with van der Waals surface area (Å²) in [6.45, 7) is 1.90. The van der Waals surface area contributed by atoms with Crippen molar-refractivity contribution in [2.24, 2.45) is 0 Å². The molecule has 0 aliphatic carbocycles. The highest BCUT2D eigenvalue weighted by Gasteiger charge is 1.95. The Balaban J connectivity index is 0.000000810. The summed E-state index contributed by atoms with van der Waals surface area (Å²) in [7, 11) is 0. The third kappa shape index (κ3) is 2.90. The van der Waals surface area contributed by atoms with Crippen LogP contribution in [0.3, 0.4) is 0 Å². The van der Waals surface area contributed by atoms with E-state index in [1.54, 1.807) is 0 Å². The number of aliphatic hydroxyl groups is 1. The number of β-amino-alcohol motifs (C(OH)–C–C–N with tert-alkyl or cyclic N) is 1. The molecule has 1 heterocycles. The Bertz CT molecular complexity index is 134. The molecule has 0 radical (unpaired) electrons. The van der Waals surface area contributed by atoms with Gasteiger partial charge in [-0.3, -0.25) is 0 Å². The van der Waals surface area contributed by atoms with Crippen molar-refractivity contribution in [1.82, 2.24) is 4.90 Å². The van der Waals surface area contributed by atoms with Gasteiger partial charge in [-0.2, -0.15) is 0 Å². The maximum atomic E-state index is 8.52. The fourth-order valence-corrected chi connectivity index (χ4v) is 0.801. The average Bonchev–Trinajstić information content (AvgIpc) is 1.91. The number of nitrogens with zero attached hydrogens (tertiary/aromatic N) is 1. The summed E-state index contributed by atoms with van der Waals surface area (Å²) in [6, 6.07) is 0. The quantitative estimate of drug-likeness (QED) is 0.647. The summed E-state index contributed by atoms with van der Waals surface area (Å²) in [4.78, 5) is 2.06. The van der Waals surface area contributed by atoms with Crippen molar-refractivity contribution in [1.29, 1.82) is 0 Å². The van der Waals surface area contributed by atoms with Crippen molar-refractivity contribution in [3.63, 3.8) is 0 Å². The molecule has 0 aromatic carbocycles. The van der Waals surface area contributed by atoms with E-state index in [0.29, 0.717) is 0 Å². The zero-order valence-corrected chi connectivity index (χ0v) is 6.55. The third-order valence-corrected chi connectivity index (χ3v) is 1.27. The number of aliphatic hydroxyl groups excluding tert-OH is 1. The van der Waals surface area contributed by atoms with Crippen LogP contribution in [0.4, 0.5) is 0 Å². The monoisotopic (exact) mass is 161 g/mol. The molecule has 1 aliphatic heterocycles. The van der Waals surface area contributed by atoms with Gasteiger partial charge in [0.1, 0.15) is 0 Å². The van der Waals surface area contributed by atoms with Crippen LogP contribution in [0.15, 0.2) is 24.4 Å². The largest absolute Gasteiger partial charge is 0.395 e. The molecule has 0 amide bonds. The highest BCUT2D eigenvalue weighted by Crippen LogP contribution is 1.95. The van der Waals surface area contributed by atoms with E-state index in [1.807, 2.05) is 18.4 Å². The van der Waals surface area contributed by atoms with Crippen LogP contribution in [0.1, 0.15) is 0 Å². The lowest BCUT2D eigenvalue weighted by atomic mass is 10.3. The molecule has 0 unspecified atom stereocenters. The molecule has 0 atom stereocenters. The molecule has 10 heavy (non-hydrogen) atoms. The third-order valence-electron chi connectivity index (χ3n) is 1.27. The van der Waals surface area contributed by atoms with Gasteiger partial charge in [-0.1, -0.05) is 12.2 Å². The zero-order valence-electron chi connectivity index (χ0n) is 5.73. The fraction of sp³-hybridized carbons (Fsp3) is 0.429. The molecular weight excluding hydrogens is 150 g/mol. The highest BCUT2D eigenvalue weighted by atomic mass is 35.5. The molecular formula is C7H12ClNO. The SMILES string of the molecule is Cl.OCCN1C=CC=CC1. The van der Waals surface area contributed by atoms with Gasteiger partial charge in [0, 0.05) is 13.1 Å². The van der Waals surface area contributed by atoms with E-state index in [9.17, 15) is 0 Å². The smallest absolute Gasteiger partial charge is 0.0606 e. The van der Waals surface area contributed by atoms with Crippen LogP contribution in [0.2, 0.25) is 0 Å². The van der Waals surface area contributed by atoms with Gasteiger partial charge in [0.05, 0.1) is 6.61 Å². The Morgan fingerprint density at radius 2 is 2.20 bits per heavy atom. The van der Waals surface area contributed by atoms with Crippen LogP contribution in [0.25, 0.3) is 0 Å². The Labute approximate surface area is 67.3 Å². The van der Waals surface area contributed by atoms with E-state index in [2.05, 4.69) is 11.0 Å². The summed E-state index contributed by atoms with van der Waals surface area (Å²) in [5.74, 6) is 0. The predicted molar refractivity (Wildman–Crippen MR) is 44.2 cm³/mol. The molecule has 0 fully saturated rings. The first-order valence-electron chi connectivity index (χ1n) is 3.12. The average molecular weight is 162 g/mol. The van der Waals surface area contributed by atoms with Gasteiger partial charge in [0.25, 0.3) is 0 Å². The molecule has 0 spiro atoms. The molecule has 3 heteroatoms. The van der Waals surface area contributed by atoms with Crippen molar-refractivity contribution < 1.29 is 5.11 Å². The Kier molecular flexibility index (Phi) is 5.08. The van der Waals surface area contributed by atoms with E-state index >= 15 is 0 Å². The normalized spacial score (nSPS) is 15.1. The van der Waals surface area contributed by atoms with Crippen molar-refractivity contribution in [2.45, 2.75) is 0 Å². The predicted octanol–water partition coefficient (Wildman–Crippen LogP) is 0.786. The second-order valence-electron chi connectivity index (χ2n) is 1.99. The Hall–Kier alpha value is -0.470. The molecule has 2 nitrogen and oxygen atoms in total. The summed E-state index contributed by atoms with van der Waals surface area (Å²) >= 11 is 0. The highest BCUT2D eigenvalue weighted by molar-refractivity contribution is 5.85. The molecule has 0 bridgehead atoms. The number of allylic oxidation sites excluding steroid dienone is 2. The van der Waals surface area contributed by atoms with Gasteiger partial charge in [-0.25, -0.2) is 0 Å². The molecule has 1 aliphatic rings. The van der Waals surface area contributed by atoms with Gasteiger partial charge in [-0.15, -0.1) is 12.4 Å². The van der Waals surface area contributed by atoms with Gasteiger partial charge in [-0.05, 0) is 12.3 Å². The molecule has 0 aromatic heterocycles. The minimum absolute atomic E-state index is 0. The van der Waals surface area contributed by atoms with Crippen LogP contribution in [0.5, 0.6) is 0 Å². The zero-order chi connectivity index (χ0) is 6.53. The van der Waals surface area contributed by atoms with Gasteiger partial charge in [0.2, 0.25) is 0 Å². The second-order valence-corrected chi connectivity index (χ2v) is 1.99. The second kappa shape index (κ2) is 5.33. The van der Waals surface area contributed by atoms with Gasteiger partial charge >= 0.3 is 0 Å². The van der Waals surface area contributed by atoms with Gasteiger partial charge < -0.3 is 10.0 Å². The maximum absolute atomic E-state index is 8.52. The molecule has 0 saturated carbocycles. The lowest BCUT2D eigenvalue weighted by molar-refractivity contribution is 0.245. The van der Waals surface area contributed by atoms with Crippen molar-refractivity contribution in [3.05, 3.63) is 24.4 Å². The number of halogens is 1. The van der Waals surface area contributed by atoms with Crippen LogP contribution >= 0.6 is 12.4 Å². The maximum Gasteiger partial charge on any atom is 0.0606 e. The number of hydrogen-bond acceptors (Lipinski definition) is 2. The Morgan fingerprint density at radius 1 is 1.40 bits per heavy atom. The van der Waals surface area contributed by atoms with Crippen molar-refractivity contribution in [3.8, 4) is 0 Å². The van der Waals surface area contributed by atoms with Crippen LogP contribution < -0.4 is 0 Å². The number of hydrogen-bond donors (Lipinski definition) is 1. The first-order valence-corrected chi connectivity index (χ1v) is 3.12. The topological polar surface area (TPSA) is 23.5 Å². The number of rotatable bonds is 2. The van der Waals surface area contributed by atoms with Crippen LogP contribution in [0, 0.1) is 0 Å².